The third-order valence-electron chi connectivity index (χ3n) is 3.08. The Morgan fingerprint density at radius 2 is 2.00 bits per heavy atom. The molecule has 1 heterocycles. The van der Waals surface area contributed by atoms with Gasteiger partial charge in [-0.25, -0.2) is 4.79 Å². The van der Waals surface area contributed by atoms with Crippen LogP contribution in [0.2, 0.25) is 0 Å². The molecule has 3 aromatic rings. The van der Waals surface area contributed by atoms with E-state index in [0.29, 0.717) is 5.69 Å². The highest BCUT2D eigenvalue weighted by Crippen LogP contribution is 2.26. The van der Waals surface area contributed by atoms with Crippen LogP contribution in [0.4, 0.5) is 16.2 Å². The molecule has 1 N–H and O–H groups in total. The van der Waals surface area contributed by atoms with Crippen molar-refractivity contribution in [1.29, 1.82) is 0 Å². The molecule has 3 rings (SSSR count). The largest absolute Gasteiger partial charge is 0.417 e. The van der Waals surface area contributed by atoms with Crippen molar-refractivity contribution in [3.63, 3.8) is 0 Å². The van der Waals surface area contributed by atoms with Crippen LogP contribution in [0.3, 0.4) is 0 Å². The number of carbonyl (C=O) groups excluding carboxylic acids is 1. The molecule has 1 aromatic heterocycles. The van der Waals surface area contributed by atoms with Gasteiger partial charge in [-0.3, -0.25) is 20.4 Å². The van der Waals surface area contributed by atoms with Crippen molar-refractivity contribution in [1.82, 2.24) is 4.98 Å². The number of benzene rings is 2. The first-order valence-electron chi connectivity index (χ1n) is 6.84. The number of nitro benzene ring substituents is 1. The first-order valence-corrected chi connectivity index (χ1v) is 7.72. The minimum Gasteiger partial charge on any atom is -0.410 e. The van der Waals surface area contributed by atoms with Gasteiger partial charge in [-0.05, 0) is 29.8 Å². The summed E-state index contributed by atoms with van der Waals surface area (Å²) in [4.78, 5) is 27.0. The van der Waals surface area contributed by atoms with Gasteiger partial charge in [0.2, 0.25) is 0 Å². The maximum atomic E-state index is 11.9. The lowest BCUT2D eigenvalue weighted by molar-refractivity contribution is -0.384. The zero-order valence-corrected chi connectivity index (χ0v) is 13.0. The summed E-state index contributed by atoms with van der Waals surface area (Å²) in [6, 6.07) is 12.6. The number of amides is 1. The van der Waals surface area contributed by atoms with Gasteiger partial charge in [0.15, 0.2) is 0 Å². The molecule has 0 unspecified atom stereocenters. The van der Waals surface area contributed by atoms with Gasteiger partial charge in [0.05, 0.1) is 15.3 Å². The fraction of sp³-hybridized carbons (Fsp3) is 0. The fourth-order valence-corrected chi connectivity index (χ4v) is 2.61. The van der Waals surface area contributed by atoms with Gasteiger partial charge in [0.1, 0.15) is 5.75 Å². The van der Waals surface area contributed by atoms with Gasteiger partial charge >= 0.3 is 6.09 Å². The Hall–Kier alpha value is -3.26. The Morgan fingerprint density at radius 3 is 2.67 bits per heavy atom. The highest BCUT2D eigenvalue weighted by molar-refractivity contribution is 7.13. The predicted octanol–water partition coefficient (Wildman–Crippen LogP) is 4.33. The van der Waals surface area contributed by atoms with Crippen LogP contribution in [0.25, 0.3) is 10.4 Å². The Labute approximate surface area is 140 Å². The highest BCUT2D eigenvalue weighted by atomic mass is 32.1. The van der Waals surface area contributed by atoms with Crippen molar-refractivity contribution >= 4 is 28.8 Å². The fourth-order valence-electron chi connectivity index (χ4n) is 1.99. The van der Waals surface area contributed by atoms with Crippen LogP contribution in [0, 0.1) is 10.1 Å². The van der Waals surface area contributed by atoms with E-state index in [1.165, 1.54) is 35.6 Å². The number of thiazole rings is 1. The van der Waals surface area contributed by atoms with E-state index < -0.39 is 11.0 Å². The van der Waals surface area contributed by atoms with Crippen LogP contribution >= 0.6 is 11.3 Å². The number of non-ortho nitro benzene ring substituents is 1. The average Bonchev–Trinajstić information content (AvgIpc) is 3.10. The number of nitrogens with one attached hydrogen (secondary N) is 1. The third kappa shape index (κ3) is 3.73. The lowest BCUT2D eigenvalue weighted by Gasteiger charge is -2.07. The summed E-state index contributed by atoms with van der Waals surface area (Å²) < 4.78 is 5.10. The third-order valence-corrected chi connectivity index (χ3v) is 3.91. The van der Waals surface area contributed by atoms with Crippen molar-refractivity contribution in [2.24, 2.45) is 0 Å². The molecule has 0 saturated heterocycles. The SMILES string of the molecule is O=C(Nc1cccc(-c2cncs2)c1)Oc1ccc([N+](=O)[O-])cc1. The average molecular weight is 341 g/mol. The second-order valence-corrected chi connectivity index (χ2v) is 5.60. The van der Waals surface area contributed by atoms with Crippen molar-refractivity contribution in [3.05, 3.63) is 70.4 Å². The second-order valence-electron chi connectivity index (χ2n) is 4.71. The molecule has 0 fully saturated rings. The van der Waals surface area contributed by atoms with E-state index in [9.17, 15) is 14.9 Å². The second kappa shape index (κ2) is 6.88. The monoisotopic (exact) mass is 341 g/mol. The highest BCUT2D eigenvalue weighted by Gasteiger charge is 2.09. The van der Waals surface area contributed by atoms with E-state index in [4.69, 9.17) is 4.74 Å². The van der Waals surface area contributed by atoms with E-state index in [1.54, 1.807) is 17.8 Å². The summed E-state index contributed by atoms with van der Waals surface area (Å²) in [5.41, 5.74) is 3.18. The van der Waals surface area contributed by atoms with Crippen molar-refractivity contribution in [2.75, 3.05) is 5.32 Å². The summed E-state index contributed by atoms with van der Waals surface area (Å²) in [6.07, 6.45) is 1.07. The molecule has 0 aliphatic heterocycles. The summed E-state index contributed by atoms with van der Waals surface area (Å²) in [5, 5.41) is 13.2. The number of ether oxygens (including phenoxy) is 1. The number of hydrogen-bond acceptors (Lipinski definition) is 6. The zero-order chi connectivity index (χ0) is 16.9. The molecule has 0 atom stereocenters. The number of rotatable bonds is 4. The molecule has 0 saturated carbocycles. The summed E-state index contributed by atoms with van der Waals surface area (Å²) >= 11 is 1.50. The Bertz CT molecular complexity index is 863. The van der Waals surface area contributed by atoms with Crippen LogP contribution in [0.5, 0.6) is 5.75 Å². The Morgan fingerprint density at radius 1 is 1.21 bits per heavy atom. The van der Waals surface area contributed by atoms with Gasteiger partial charge < -0.3 is 4.74 Å². The predicted molar refractivity (Wildman–Crippen MR) is 90.3 cm³/mol. The smallest absolute Gasteiger partial charge is 0.410 e. The van der Waals surface area contributed by atoms with Crippen molar-refractivity contribution in [2.45, 2.75) is 0 Å². The summed E-state index contributed by atoms with van der Waals surface area (Å²) in [6.45, 7) is 0. The van der Waals surface area contributed by atoms with Crippen LogP contribution in [-0.2, 0) is 0 Å². The standard InChI is InChI=1S/C16H11N3O4S/c20-16(23-14-6-4-13(5-7-14)19(21)22)18-12-3-1-2-11(8-12)15-9-17-10-24-15/h1-10H,(H,18,20). The van der Waals surface area contributed by atoms with E-state index >= 15 is 0 Å². The first kappa shape index (κ1) is 15.6. The molecule has 0 aliphatic rings. The van der Waals surface area contributed by atoms with Crippen LogP contribution < -0.4 is 10.1 Å². The zero-order valence-electron chi connectivity index (χ0n) is 12.2. The Kier molecular flexibility index (Phi) is 4.48. The molecular formula is C16H11N3O4S. The molecule has 8 heteroatoms. The molecule has 24 heavy (non-hydrogen) atoms. The lowest BCUT2D eigenvalue weighted by atomic mass is 10.2. The van der Waals surface area contributed by atoms with Gasteiger partial charge in [0.25, 0.3) is 5.69 Å². The number of carbonyl (C=O) groups is 1. The number of nitro groups is 1. The minimum atomic E-state index is -0.676. The van der Waals surface area contributed by atoms with E-state index in [2.05, 4.69) is 10.3 Å². The lowest BCUT2D eigenvalue weighted by Crippen LogP contribution is -2.16. The normalized spacial score (nSPS) is 10.2. The molecule has 0 radical (unpaired) electrons. The van der Waals surface area contributed by atoms with E-state index in [1.807, 2.05) is 18.2 Å². The Balaban J connectivity index is 1.66. The molecule has 7 nitrogen and oxygen atoms in total. The maximum Gasteiger partial charge on any atom is 0.417 e. The van der Waals surface area contributed by atoms with E-state index in [-0.39, 0.29) is 11.4 Å². The summed E-state index contributed by atoms with van der Waals surface area (Å²) in [7, 11) is 0. The van der Waals surface area contributed by atoms with E-state index in [0.717, 1.165) is 10.4 Å². The number of anilines is 1. The molecular weight excluding hydrogens is 330 g/mol. The van der Waals surface area contributed by atoms with Crippen molar-refractivity contribution in [3.8, 4) is 16.2 Å². The molecule has 0 aliphatic carbocycles. The van der Waals surface area contributed by atoms with Crippen molar-refractivity contribution < 1.29 is 14.5 Å². The topological polar surface area (TPSA) is 94.4 Å². The molecule has 0 spiro atoms. The first-order chi connectivity index (χ1) is 11.6. The van der Waals surface area contributed by atoms with Crippen LogP contribution in [-0.4, -0.2) is 16.0 Å². The molecule has 0 bridgehead atoms. The van der Waals surface area contributed by atoms with Gasteiger partial charge in [-0.15, -0.1) is 11.3 Å². The van der Waals surface area contributed by atoms with Gasteiger partial charge in [-0.1, -0.05) is 12.1 Å². The van der Waals surface area contributed by atoms with Gasteiger partial charge in [0, 0.05) is 24.0 Å². The van der Waals surface area contributed by atoms with Gasteiger partial charge in [-0.2, -0.15) is 0 Å². The molecule has 2 aromatic carbocycles. The molecule has 1 amide bonds. The molecule has 120 valence electrons. The minimum absolute atomic E-state index is 0.0694. The van der Waals surface area contributed by atoms with Crippen LogP contribution in [0.1, 0.15) is 0 Å². The number of nitrogens with zero attached hydrogens (tertiary/aromatic N) is 2. The quantitative estimate of drug-likeness (QED) is 0.563. The van der Waals surface area contributed by atoms with Crippen LogP contribution in [0.15, 0.2) is 60.2 Å². The number of aromatic nitrogens is 1. The summed E-state index contributed by atoms with van der Waals surface area (Å²) in [5.74, 6) is 0.219. The number of hydrogen-bond donors (Lipinski definition) is 1. The maximum absolute atomic E-state index is 11.9.